The first kappa shape index (κ1) is 15.2. The SMILES string of the molecule is CN(CC(=O)Cc1ccc(F)cc1)Cc1ccc(Cl)s1. The summed E-state index contributed by atoms with van der Waals surface area (Å²) in [7, 11) is 1.90. The first-order valence-corrected chi connectivity index (χ1v) is 7.41. The van der Waals surface area contributed by atoms with Crippen LogP contribution >= 0.6 is 22.9 Å². The number of halogens is 2. The van der Waals surface area contributed by atoms with Crippen LogP contribution in [-0.4, -0.2) is 24.3 Å². The third-order valence-corrected chi connectivity index (χ3v) is 4.03. The normalized spacial score (nSPS) is 11.0. The van der Waals surface area contributed by atoms with Crippen molar-refractivity contribution in [2.45, 2.75) is 13.0 Å². The van der Waals surface area contributed by atoms with Gasteiger partial charge in [-0.1, -0.05) is 23.7 Å². The number of ketones is 1. The molecule has 0 bridgehead atoms. The molecular weight excluding hydrogens is 297 g/mol. The maximum atomic E-state index is 12.8. The predicted octanol–water partition coefficient (Wildman–Crippen LogP) is 3.78. The second-order valence-corrected chi connectivity index (χ2v) is 6.52. The van der Waals surface area contributed by atoms with Crippen molar-refractivity contribution < 1.29 is 9.18 Å². The molecule has 2 nitrogen and oxygen atoms in total. The summed E-state index contributed by atoms with van der Waals surface area (Å²) < 4.78 is 13.5. The van der Waals surface area contributed by atoms with E-state index in [4.69, 9.17) is 11.6 Å². The largest absolute Gasteiger partial charge is 0.298 e. The van der Waals surface area contributed by atoms with Gasteiger partial charge in [0.15, 0.2) is 5.78 Å². The smallest absolute Gasteiger partial charge is 0.151 e. The van der Waals surface area contributed by atoms with Crippen molar-refractivity contribution in [3.63, 3.8) is 0 Å². The third-order valence-electron chi connectivity index (χ3n) is 2.82. The third kappa shape index (κ3) is 4.71. The molecule has 5 heteroatoms. The highest BCUT2D eigenvalue weighted by Gasteiger charge is 2.09. The molecule has 0 spiro atoms. The summed E-state index contributed by atoms with van der Waals surface area (Å²) in [5, 5.41) is 0. The van der Waals surface area contributed by atoms with E-state index in [1.807, 2.05) is 24.1 Å². The quantitative estimate of drug-likeness (QED) is 0.809. The minimum atomic E-state index is -0.284. The monoisotopic (exact) mass is 311 g/mol. The maximum Gasteiger partial charge on any atom is 0.151 e. The van der Waals surface area contributed by atoms with E-state index in [9.17, 15) is 9.18 Å². The van der Waals surface area contributed by atoms with Gasteiger partial charge in [0.05, 0.1) is 10.9 Å². The zero-order valence-electron chi connectivity index (χ0n) is 11.1. The van der Waals surface area contributed by atoms with Crippen LogP contribution < -0.4 is 0 Å². The molecule has 0 unspecified atom stereocenters. The molecule has 0 atom stereocenters. The molecule has 20 heavy (non-hydrogen) atoms. The first-order valence-electron chi connectivity index (χ1n) is 6.22. The predicted molar refractivity (Wildman–Crippen MR) is 80.8 cm³/mol. The highest BCUT2D eigenvalue weighted by Crippen LogP contribution is 2.22. The topological polar surface area (TPSA) is 20.3 Å². The van der Waals surface area contributed by atoms with E-state index in [0.29, 0.717) is 19.5 Å². The zero-order valence-corrected chi connectivity index (χ0v) is 12.7. The van der Waals surface area contributed by atoms with E-state index in [0.717, 1.165) is 14.8 Å². The van der Waals surface area contributed by atoms with Crippen LogP contribution in [0.3, 0.4) is 0 Å². The maximum absolute atomic E-state index is 12.8. The lowest BCUT2D eigenvalue weighted by atomic mass is 10.1. The number of carbonyl (C=O) groups excluding carboxylic acids is 1. The van der Waals surface area contributed by atoms with Gasteiger partial charge in [-0.3, -0.25) is 9.69 Å². The molecule has 0 N–H and O–H groups in total. The molecule has 0 aliphatic heterocycles. The number of carbonyl (C=O) groups is 1. The van der Waals surface area contributed by atoms with Crippen LogP contribution in [0.4, 0.5) is 4.39 Å². The summed E-state index contributed by atoms with van der Waals surface area (Å²) in [6, 6.07) is 9.86. The van der Waals surface area contributed by atoms with Gasteiger partial charge in [-0.15, -0.1) is 11.3 Å². The molecular formula is C15H15ClFNOS. The van der Waals surface area contributed by atoms with Crippen LogP contribution in [0.25, 0.3) is 0 Å². The molecule has 1 aromatic heterocycles. The number of likely N-dealkylation sites (N-methyl/N-ethyl adjacent to an activating group) is 1. The summed E-state index contributed by atoms with van der Waals surface area (Å²) in [5.41, 5.74) is 0.837. The van der Waals surface area contributed by atoms with Crippen LogP contribution in [0, 0.1) is 5.82 Å². The molecule has 0 amide bonds. The molecule has 2 aromatic rings. The molecule has 0 aliphatic rings. The van der Waals surface area contributed by atoms with E-state index >= 15 is 0 Å². The van der Waals surface area contributed by atoms with Gasteiger partial charge >= 0.3 is 0 Å². The molecule has 0 saturated carbocycles. The van der Waals surface area contributed by atoms with E-state index in [1.54, 1.807) is 12.1 Å². The summed E-state index contributed by atoms with van der Waals surface area (Å²) in [4.78, 5) is 15.0. The van der Waals surface area contributed by atoms with Crippen molar-refractivity contribution in [1.82, 2.24) is 4.90 Å². The van der Waals surface area contributed by atoms with Gasteiger partial charge in [0.1, 0.15) is 5.82 Å². The Hall–Kier alpha value is -1.23. The van der Waals surface area contributed by atoms with Crippen molar-refractivity contribution in [2.75, 3.05) is 13.6 Å². The van der Waals surface area contributed by atoms with Gasteiger partial charge in [0.25, 0.3) is 0 Å². The van der Waals surface area contributed by atoms with Gasteiger partial charge in [0.2, 0.25) is 0 Å². The Balaban J connectivity index is 1.83. The van der Waals surface area contributed by atoms with Crippen molar-refractivity contribution in [2.24, 2.45) is 0 Å². The number of hydrogen-bond donors (Lipinski definition) is 0. The van der Waals surface area contributed by atoms with Crippen LogP contribution in [-0.2, 0) is 17.8 Å². The molecule has 0 aliphatic carbocycles. The Morgan fingerprint density at radius 1 is 1.25 bits per heavy atom. The van der Waals surface area contributed by atoms with Crippen LogP contribution in [0.1, 0.15) is 10.4 Å². The molecule has 0 saturated heterocycles. The highest BCUT2D eigenvalue weighted by molar-refractivity contribution is 7.16. The highest BCUT2D eigenvalue weighted by atomic mass is 35.5. The standard InChI is InChI=1S/C15H15ClFNOS/c1-18(10-14-6-7-15(16)20-14)9-13(19)8-11-2-4-12(17)5-3-11/h2-7H,8-10H2,1H3. The summed E-state index contributed by atoms with van der Waals surface area (Å²) in [6.45, 7) is 1.07. The number of hydrogen-bond acceptors (Lipinski definition) is 3. The van der Waals surface area contributed by atoms with Crippen molar-refractivity contribution in [1.29, 1.82) is 0 Å². The van der Waals surface area contributed by atoms with Crippen molar-refractivity contribution in [3.05, 3.63) is 57.0 Å². The van der Waals surface area contributed by atoms with Gasteiger partial charge < -0.3 is 0 Å². The lowest BCUT2D eigenvalue weighted by Gasteiger charge is -2.14. The first-order chi connectivity index (χ1) is 9.52. The van der Waals surface area contributed by atoms with Crippen molar-refractivity contribution in [3.8, 4) is 0 Å². The Kier molecular flexibility index (Phi) is 5.29. The van der Waals surface area contributed by atoms with E-state index in [-0.39, 0.29) is 11.6 Å². The summed E-state index contributed by atoms with van der Waals surface area (Å²) >= 11 is 7.39. The molecule has 106 valence electrons. The number of Topliss-reactive ketones (excluding diaryl/α,β-unsaturated/α-hetero) is 1. The zero-order chi connectivity index (χ0) is 14.5. The number of thiophene rings is 1. The van der Waals surface area contributed by atoms with Gasteiger partial charge in [-0.05, 0) is 36.9 Å². The fourth-order valence-corrected chi connectivity index (χ4v) is 3.11. The van der Waals surface area contributed by atoms with Gasteiger partial charge in [-0.25, -0.2) is 4.39 Å². The molecule has 1 aromatic carbocycles. The number of benzene rings is 1. The Morgan fingerprint density at radius 3 is 2.55 bits per heavy atom. The minimum Gasteiger partial charge on any atom is -0.298 e. The summed E-state index contributed by atoms with van der Waals surface area (Å²) in [5.74, 6) is -0.172. The number of nitrogens with zero attached hydrogens (tertiary/aromatic N) is 1. The average Bonchev–Trinajstić information content (AvgIpc) is 2.77. The second-order valence-electron chi connectivity index (χ2n) is 4.72. The Labute approximate surface area is 126 Å². The molecule has 1 heterocycles. The van der Waals surface area contributed by atoms with Gasteiger partial charge in [-0.2, -0.15) is 0 Å². The lowest BCUT2D eigenvalue weighted by Crippen LogP contribution is -2.26. The number of rotatable bonds is 6. The fraction of sp³-hybridized carbons (Fsp3) is 0.267. The summed E-state index contributed by atoms with van der Waals surface area (Å²) in [6.07, 6.45) is 0.329. The fourth-order valence-electron chi connectivity index (χ4n) is 1.95. The van der Waals surface area contributed by atoms with Crippen LogP contribution in [0.15, 0.2) is 36.4 Å². The van der Waals surface area contributed by atoms with E-state index in [1.165, 1.54) is 23.5 Å². The van der Waals surface area contributed by atoms with Gasteiger partial charge in [0, 0.05) is 17.8 Å². The average molecular weight is 312 g/mol. The minimum absolute atomic E-state index is 0.113. The van der Waals surface area contributed by atoms with Crippen LogP contribution in [0.5, 0.6) is 0 Å². The van der Waals surface area contributed by atoms with Crippen molar-refractivity contribution >= 4 is 28.7 Å². The Morgan fingerprint density at radius 2 is 1.95 bits per heavy atom. The van der Waals surface area contributed by atoms with E-state index < -0.39 is 0 Å². The second kappa shape index (κ2) is 6.97. The molecule has 2 rings (SSSR count). The van der Waals surface area contributed by atoms with Crippen LogP contribution in [0.2, 0.25) is 4.34 Å². The lowest BCUT2D eigenvalue weighted by molar-refractivity contribution is -0.119. The molecule has 0 radical (unpaired) electrons. The van der Waals surface area contributed by atoms with E-state index in [2.05, 4.69) is 0 Å². The Bertz CT molecular complexity index is 582. The molecule has 0 fully saturated rings.